The third-order valence-electron chi connectivity index (χ3n) is 7.13. The molecule has 0 bridgehead atoms. The molecule has 3 unspecified atom stereocenters. The van der Waals surface area contributed by atoms with E-state index in [1.807, 2.05) is 53.6 Å². The Kier molecular flexibility index (Phi) is 6.34. The summed E-state index contributed by atoms with van der Waals surface area (Å²) in [5.74, 6) is 0.712. The Morgan fingerprint density at radius 2 is 1.85 bits per heavy atom. The van der Waals surface area contributed by atoms with Crippen molar-refractivity contribution in [1.82, 2.24) is 20.0 Å². The van der Waals surface area contributed by atoms with Gasteiger partial charge in [-0.3, -0.25) is 9.59 Å². The summed E-state index contributed by atoms with van der Waals surface area (Å²) < 4.78 is 7.24. The van der Waals surface area contributed by atoms with Gasteiger partial charge in [0, 0.05) is 25.0 Å². The van der Waals surface area contributed by atoms with Gasteiger partial charge in [-0.1, -0.05) is 37.1 Å². The molecule has 1 aliphatic heterocycles. The molecular weight excluding hydrogens is 428 g/mol. The fourth-order valence-electron chi connectivity index (χ4n) is 5.44. The summed E-state index contributed by atoms with van der Waals surface area (Å²) in [6, 6.07) is 16.7. The second-order valence-corrected chi connectivity index (χ2v) is 9.11. The molecule has 1 saturated carbocycles. The zero-order valence-corrected chi connectivity index (χ0v) is 19.4. The van der Waals surface area contributed by atoms with Crippen LogP contribution in [0.25, 0.3) is 5.69 Å². The zero-order valence-electron chi connectivity index (χ0n) is 19.4. The van der Waals surface area contributed by atoms with Crippen molar-refractivity contribution in [2.75, 3.05) is 7.11 Å². The number of ether oxygens (including phenoxy) is 1. The van der Waals surface area contributed by atoms with Crippen LogP contribution in [-0.2, 0) is 11.3 Å². The molecule has 176 valence electrons. The molecule has 7 heteroatoms. The van der Waals surface area contributed by atoms with E-state index in [9.17, 15) is 9.59 Å². The molecule has 1 saturated heterocycles. The Labute approximate surface area is 199 Å². The van der Waals surface area contributed by atoms with Crippen molar-refractivity contribution in [1.29, 1.82) is 0 Å². The van der Waals surface area contributed by atoms with E-state index < -0.39 is 6.04 Å². The minimum absolute atomic E-state index is 0.0891. The van der Waals surface area contributed by atoms with Crippen LogP contribution in [0, 0.1) is 5.92 Å². The Balaban J connectivity index is 1.32. The van der Waals surface area contributed by atoms with Crippen LogP contribution in [0.5, 0.6) is 5.75 Å². The lowest BCUT2D eigenvalue weighted by Crippen LogP contribution is -2.49. The topological polar surface area (TPSA) is 76.5 Å². The van der Waals surface area contributed by atoms with Crippen LogP contribution >= 0.6 is 0 Å². The number of nitrogens with one attached hydrogen (secondary N) is 1. The average Bonchev–Trinajstić information content (AvgIpc) is 3.56. The maximum Gasteiger partial charge on any atom is 0.258 e. The molecule has 5 rings (SSSR count). The van der Waals surface area contributed by atoms with Gasteiger partial charge in [-0.2, -0.15) is 5.10 Å². The molecule has 1 aromatic heterocycles. The largest absolute Gasteiger partial charge is 0.496 e. The van der Waals surface area contributed by atoms with Gasteiger partial charge in [-0.05, 0) is 61.1 Å². The first-order chi connectivity index (χ1) is 16.7. The third kappa shape index (κ3) is 4.30. The quantitative estimate of drug-likeness (QED) is 0.606. The van der Waals surface area contributed by atoms with Crippen LogP contribution in [0.1, 0.15) is 48.0 Å². The molecule has 2 heterocycles. The fourth-order valence-corrected chi connectivity index (χ4v) is 5.44. The summed E-state index contributed by atoms with van der Waals surface area (Å²) in [6.07, 6.45) is 8.62. The van der Waals surface area contributed by atoms with Gasteiger partial charge < -0.3 is 15.0 Å². The lowest BCUT2D eigenvalue weighted by molar-refractivity contribution is -0.125. The molecule has 0 spiro atoms. The average molecular weight is 459 g/mol. The zero-order chi connectivity index (χ0) is 23.5. The molecule has 34 heavy (non-hydrogen) atoms. The number of aromatic nitrogens is 2. The highest BCUT2D eigenvalue weighted by atomic mass is 16.5. The van der Waals surface area contributed by atoms with E-state index in [1.165, 1.54) is 0 Å². The highest BCUT2D eigenvalue weighted by molar-refractivity contribution is 6.00. The third-order valence-corrected chi connectivity index (χ3v) is 7.13. The van der Waals surface area contributed by atoms with Crippen molar-refractivity contribution in [3.8, 4) is 11.4 Å². The van der Waals surface area contributed by atoms with Gasteiger partial charge >= 0.3 is 0 Å². The summed E-state index contributed by atoms with van der Waals surface area (Å²) >= 11 is 0. The van der Waals surface area contributed by atoms with Crippen LogP contribution in [0.4, 0.5) is 0 Å². The number of carbonyl (C=O) groups is 2. The summed E-state index contributed by atoms with van der Waals surface area (Å²) in [4.78, 5) is 28.9. The first-order valence-electron chi connectivity index (χ1n) is 12.0. The van der Waals surface area contributed by atoms with E-state index in [0.717, 1.165) is 43.4 Å². The molecule has 1 N–H and O–H groups in total. The van der Waals surface area contributed by atoms with Gasteiger partial charge in [-0.25, -0.2) is 4.68 Å². The van der Waals surface area contributed by atoms with Gasteiger partial charge in [0.25, 0.3) is 5.91 Å². The summed E-state index contributed by atoms with van der Waals surface area (Å²) in [5.41, 5.74) is 2.49. The Bertz CT molecular complexity index is 1140. The van der Waals surface area contributed by atoms with E-state index >= 15 is 0 Å². The second kappa shape index (κ2) is 9.71. The number of carbonyl (C=O) groups excluding carboxylic acids is 2. The van der Waals surface area contributed by atoms with Crippen LogP contribution in [-0.4, -0.2) is 45.7 Å². The van der Waals surface area contributed by atoms with Crippen LogP contribution < -0.4 is 10.1 Å². The van der Waals surface area contributed by atoms with E-state index in [-0.39, 0.29) is 17.9 Å². The van der Waals surface area contributed by atoms with Crippen molar-refractivity contribution >= 4 is 11.8 Å². The van der Waals surface area contributed by atoms with E-state index in [2.05, 4.69) is 10.4 Å². The number of likely N-dealkylation sites (tertiary alicyclic amines) is 1. The predicted molar refractivity (Wildman–Crippen MR) is 129 cm³/mol. The van der Waals surface area contributed by atoms with Crippen molar-refractivity contribution in [2.45, 2.75) is 50.7 Å². The number of methoxy groups -OCH3 is 1. The van der Waals surface area contributed by atoms with Crippen LogP contribution in [0.3, 0.4) is 0 Å². The highest BCUT2D eigenvalue weighted by Crippen LogP contribution is 2.41. The number of nitrogens with zero attached hydrogens (tertiary/aromatic N) is 3. The van der Waals surface area contributed by atoms with Gasteiger partial charge in [-0.15, -0.1) is 0 Å². The molecule has 2 aliphatic rings. The van der Waals surface area contributed by atoms with E-state index in [4.69, 9.17) is 4.74 Å². The summed E-state index contributed by atoms with van der Waals surface area (Å²) in [6.45, 7) is 0.417. The lowest BCUT2D eigenvalue weighted by atomic mass is 9.84. The maximum atomic E-state index is 13.7. The standard InChI is InChI=1S/C27H30N4O3/c1-34-25-10-5-3-8-22(25)27(33)31-23-9-4-2-7-20(23)17-24(31)26(32)28-18-19-11-13-21(14-12-19)30-16-6-15-29-30/h3,5-6,8,10-16,20,23-24H,2,4,7,9,17-18H2,1H3,(H,28,32). The van der Waals surface area contributed by atoms with Gasteiger partial charge in [0.05, 0.1) is 18.4 Å². The number of hydrogen-bond donors (Lipinski definition) is 1. The number of benzene rings is 2. The molecule has 2 aromatic carbocycles. The maximum absolute atomic E-state index is 13.7. The van der Waals surface area contributed by atoms with E-state index in [0.29, 0.717) is 23.8 Å². The van der Waals surface area contributed by atoms with Crippen molar-refractivity contribution < 1.29 is 14.3 Å². The van der Waals surface area contributed by atoms with Gasteiger partial charge in [0.15, 0.2) is 0 Å². The molecule has 0 radical (unpaired) electrons. The first-order valence-corrected chi connectivity index (χ1v) is 12.0. The summed E-state index contributed by atoms with van der Waals surface area (Å²) in [7, 11) is 1.57. The fraction of sp³-hybridized carbons (Fsp3) is 0.370. The molecule has 2 amide bonds. The molecule has 1 aliphatic carbocycles. The van der Waals surface area contributed by atoms with Crippen LogP contribution in [0.15, 0.2) is 67.0 Å². The molecule has 3 atom stereocenters. The van der Waals surface area contributed by atoms with Crippen molar-refractivity contribution in [2.24, 2.45) is 5.92 Å². The number of rotatable bonds is 6. The second-order valence-electron chi connectivity index (χ2n) is 9.11. The van der Waals surface area contributed by atoms with Crippen LogP contribution in [0.2, 0.25) is 0 Å². The molecular formula is C27H30N4O3. The molecule has 3 aromatic rings. The first kappa shape index (κ1) is 22.2. The lowest BCUT2D eigenvalue weighted by Gasteiger charge is -2.34. The van der Waals surface area contributed by atoms with Gasteiger partial charge in [0.2, 0.25) is 5.91 Å². The monoisotopic (exact) mass is 458 g/mol. The SMILES string of the molecule is COc1ccccc1C(=O)N1C(C(=O)NCc2ccc(-n3cccn3)cc2)CC2CCCCC21. The number of hydrogen-bond acceptors (Lipinski definition) is 4. The van der Waals surface area contributed by atoms with Crippen molar-refractivity contribution in [3.63, 3.8) is 0 Å². The molecule has 2 fully saturated rings. The Hall–Kier alpha value is -3.61. The number of fused-ring (bicyclic) bond motifs is 1. The summed E-state index contributed by atoms with van der Waals surface area (Å²) in [5, 5.41) is 7.32. The highest BCUT2D eigenvalue weighted by Gasteiger charge is 2.47. The minimum Gasteiger partial charge on any atom is -0.496 e. The normalized spacial score (nSPS) is 21.7. The predicted octanol–water partition coefficient (Wildman–Crippen LogP) is 3.97. The Morgan fingerprint density at radius 1 is 1.06 bits per heavy atom. The number of amides is 2. The van der Waals surface area contributed by atoms with Crippen molar-refractivity contribution in [3.05, 3.63) is 78.1 Å². The number of para-hydroxylation sites is 1. The van der Waals surface area contributed by atoms with Gasteiger partial charge in [0.1, 0.15) is 11.8 Å². The Morgan fingerprint density at radius 3 is 2.62 bits per heavy atom. The van der Waals surface area contributed by atoms with E-state index in [1.54, 1.807) is 30.1 Å². The molecule has 7 nitrogen and oxygen atoms in total. The smallest absolute Gasteiger partial charge is 0.258 e. The minimum atomic E-state index is -0.464.